The quantitative estimate of drug-likeness (QED) is 0.392. The van der Waals surface area contributed by atoms with E-state index in [0.717, 1.165) is 5.56 Å². The van der Waals surface area contributed by atoms with Crippen LogP contribution in [0.2, 0.25) is 5.02 Å². The van der Waals surface area contributed by atoms with Crippen LogP contribution in [0.25, 0.3) is 0 Å². The van der Waals surface area contributed by atoms with Crippen molar-refractivity contribution in [2.24, 2.45) is 5.92 Å². The molecule has 0 bridgehead atoms. The highest BCUT2D eigenvalue weighted by Crippen LogP contribution is 2.27. The van der Waals surface area contributed by atoms with E-state index in [9.17, 15) is 19.7 Å². The first-order chi connectivity index (χ1) is 13.3. The van der Waals surface area contributed by atoms with E-state index >= 15 is 0 Å². The fourth-order valence-corrected chi connectivity index (χ4v) is 2.96. The molecular weight excluding hydrogens is 384 g/mol. The predicted molar refractivity (Wildman–Crippen MR) is 107 cm³/mol. The van der Waals surface area contributed by atoms with Crippen LogP contribution in [0, 0.1) is 16.0 Å². The van der Waals surface area contributed by atoms with E-state index < -0.39 is 16.8 Å². The summed E-state index contributed by atoms with van der Waals surface area (Å²) in [6, 6.07) is 10.9. The summed E-state index contributed by atoms with van der Waals surface area (Å²) in [7, 11) is 0. The third-order valence-electron chi connectivity index (χ3n) is 4.20. The molecule has 0 radical (unpaired) electrons. The maximum Gasteiger partial charge on any atom is 0.338 e. The summed E-state index contributed by atoms with van der Waals surface area (Å²) in [5.74, 6) is -1.39. The van der Waals surface area contributed by atoms with Gasteiger partial charge in [-0.2, -0.15) is 0 Å². The zero-order chi connectivity index (χ0) is 20.7. The van der Waals surface area contributed by atoms with Gasteiger partial charge in [-0.1, -0.05) is 30.7 Å². The van der Waals surface area contributed by atoms with Gasteiger partial charge in [0, 0.05) is 17.0 Å². The van der Waals surface area contributed by atoms with Crippen molar-refractivity contribution in [1.82, 2.24) is 0 Å². The van der Waals surface area contributed by atoms with Crippen molar-refractivity contribution in [2.75, 3.05) is 11.9 Å². The highest BCUT2D eigenvalue weighted by molar-refractivity contribution is 6.30. The summed E-state index contributed by atoms with van der Waals surface area (Å²) in [4.78, 5) is 35.3. The van der Waals surface area contributed by atoms with Gasteiger partial charge in [0.15, 0.2) is 0 Å². The van der Waals surface area contributed by atoms with Gasteiger partial charge in [-0.25, -0.2) is 4.79 Å². The lowest BCUT2D eigenvalue weighted by molar-refractivity contribution is -0.383. The molecule has 148 valence electrons. The van der Waals surface area contributed by atoms with Gasteiger partial charge in [0.2, 0.25) is 5.91 Å². The number of hydrogen-bond donors (Lipinski definition) is 1. The number of carbonyl (C=O) groups excluding carboxylic acids is 2. The molecule has 8 heteroatoms. The van der Waals surface area contributed by atoms with Crippen LogP contribution < -0.4 is 5.32 Å². The molecule has 0 heterocycles. The van der Waals surface area contributed by atoms with E-state index in [1.807, 2.05) is 13.0 Å². The zero-order valence-corrected chi connectivity index (χ0v) is 16.4. The number of nitrogens with one attached hydrogen (secondary N) is 1. The number of nitro benzene ring substituents is 1. The van der Waals surface area contributed by atoms with Crippen LogP contribution in [-0.2, 0) is 16.0 Å². The molecule has 1 N–H and O–H groups in total. The molecule has 0 aliphatic heterocycles. The third-order valence-corrected chi connectivity index (χ3v) is 4.43. The number of amides is 1. The molecule has 2 rings (SSSR count). The number of ether oxygens (including phenoxy) is 1. The highest BCUT2D eigenvalue weighted by Gasteiger charge is 2.23. The van der Waals surface area contributed by atoms with Gasteiger partial charge in [-0.3, -0.25) is 14.9 Å². The Bertz CT molecular complexity index is 885. The summed E-state index contributed by atoms with van der Waals surface area (Å²) < 4.78 is 4.91. The standard InChI is InChI=1S/C20H21ClN2O5/c1-3-14(10-13-6-5-7-16(21)11-13)19(24)22-17-12-15(20(25)28-4-2)8-9-18(17)23(26)27/h5-9,11-12,14H,3-4,10H2,1-2H3,(H,22,24). The molecule has 0 aliphatic carbocycles. The van der Waals surface area contributed by atoms with Gasteiger partial charge in [0.1, 0.15) is 5.69 Å². The summed E-state index contributed by atoms with van der Waals surface area (Å²) in [5.41, 5.74) is 0.694. The topological polar surface area (TPSA) is 98.5 Å². The van der Waals surface area contributed by atoms with E-state index in [2.05, 4.69) is 5.32 Å². The fraction of sp³-hybridized carbons (Fsp3) is 0.300. The maximum atomic E-state index is 12.7. The number of hydrogen-bond acceptors (Lipinski definition) is 5. The second-order valence-electron chi connectivity index (χ2n) is 6.14. The van der Waals surface area contributed by atoms with Gasteiger partial charge in [0.25, 0.3) is 5.69 Å². The zero-order valence-electron chi connectivity index (χ0n) is 15.6. The van der Waals surface area contributed by atoms with Crippen molar-refractivity contribution in [3.63, 3.8) is 0 Å². The minimum atomic E-state index is -0.612. The number of anilines is 1. The lowest BCUT2D eigenvalue weighted by atomic mass is 9.96. The number of nitrogens with zero attached hydrogens (tertiary/aromatic N) is 1. The summed E-state index contributed by atoms with van der Waals surface area (Å²) in [6.45, 7) is 3.70. The Morgan fingerprint density at radius 1 is 1.21 bits per heavy atom. The van der Waals surface area contributed by atoms with Crippen LogP contribution in [0.4, 0.5) is 11.4 Å². The van der Waals surface area contributed by atoms with Gasteiger partial charge < -0.3 is 10.1 Å². The van der Waals surface area contributed by atoms with Crippen molar-refractivity contribution in [1.29, 1.82) is 0 Å². The fourth-order valence-electron chi connectivity index (χ4n) is 2.74. The van der Waals surface area contributed by atoms with Crippen LogP contribution in [0.15, 0.2) is 42.5 Å². The maximum absolute atomic E-state index is 12.7. The van der Waals surface area contributed by atoms with Crippen LogP contribution in [0.3, 0.4) is 0 Å². The van der Waals surface area contributed by atoms with Gasteiger partial charge in [0.05, 0.1) is 17.1 Å². The number of carbonyl (C=O) groups is 2. The summed E-state index contributed by atoms with van der Waals surface area (Å²) in [5, 5.41) is 14.5. The molecule has 2 aromatic rings. The lowest BCUT2D eigenvalue weighted by Gasteiger charge is -2.16. The van der Waals surface area contributed by atoms with Crippen molar-refractivity contribution < 1.29 is 19.2 Å². The van der Waals surface area contributed by atoms with Gasteiger partial charge in [-0.05, 0) is 49.6 Å². The smallest absolute Gasteiger partial charge is 0.338 e. The Kier molecular flexibility index (Phi) is 7.52. The highest BCUT2D eigenvalue weighted by atomic mass is 35.5. The second kappa shape index (κ2) is 9.85. The molecule has 0 saturated heterocycles. The van der Waals surface area contributed by atoms with E-state index in [1.54, 1.807) is 25.1 Å². The SMILES string of the molecule is CCOC(=O)c1ccc([N+](=O)[O-])c(NC(=O)C(CC)Cc2cccc(Cl)c2)c1. The van der Waals surface area contributed by atoms with Crippen LogP contribution in [0.1, 0.15) is 36.2 Å². The Hall–Kier alpha value is -2.93. The van der Waals surface area contributed by atoms with Crippen LogP contribution in [0.5, 0.6) is 0 Å². The first-order valence-corrected chi connectivity index (χ1v) is 9.24. The van der Waals surface area contributed by atoms with Crippen molar-refractivity contribution in [3.8, 4) is 0 Å². The predicted octanol–water partition coefficient (Wildman–Crippen LogP) is 4.63. The number of halogens is 1. The molecule has 28 heavy (non-hydrogen) atoms. The molecule has 0 saturated carbocycles. The molecule has 0 aliphatic rings. The number of nitro groups is 1. The average Bonchev–Trinajstić information content (AvgIpc) is 2.66. The first-order valence-electron chi connectivity index (χ1n) is 8.86. The molecule has 1 atom stereocenters. The molecule has 0 spiro atoms. The monoisotopic (exact) mass is 404 g/mol. The molecular formula is C20H21ClN2O5. The third kappa shape index (κ3) is 5.53. The Morgan fingerprint density at radius 2 is 1.96 bits per heavy atom. The van der Waals surface area contributed by atoms with E-state index in [1.165, 1.54) is 18.2 Å². The van der Waals surface area contributed by atoms with Crippen molar-refractivity contribution in [2.45, 2.75) is 26.7 Å². The Labute approximate surface area is 167 Å². The van der Waals surface area contributed by atoms with Crippen LogP contribution in [-0.4, -0.2) is 23.4 Å². The van der Waals surface area contributed by atoms with Crippen molar-refractivity contribution in [3.05, 3.63) is 68.7 Å². The van der Waals surface area contributed by atoms with Gasteiger partial charge in [-0.15, -0.1) is 0 Å². The van der Waals surface area contributed by atoms with Crippen LogP contribution >= 0.6 is 11.6 Å². The minimum absolute atomic E-state index is 0.0369. The molecule has 2 aromatic carbocycles. The average molecular weight is 405 g/mol. The Morgan fingerprint density at radius 3 is 2.57 bits per heavy atom. The van der Waals surface area contributed by atoms with Crippen molar-refractivity contribution >= 4 is 34.9 Å². The van der Waals surface area contributed by atoms with Gasteiger partial charge >= 0.3 is 5.97 Å². The summed E-state index contributed by atoms with van der Waals surface area (Å²) >= 11 is 5.99. The molecule has 0 aromatic heterocycles. The number of rotatable bonds is 8. The minimum Gasteiger partial charge on any atom is -0.462 e. The van der Waals surface area contributed by atoms with E-state index in [4.69, 9.17) is 16.3 Å². The molecule has 0 fully saturated rings. The number of benzene rings is 2. The molecule has 7 nitrogen and oxygen atoms in total. The second-order valence-corrected chi connectivity index (χ2v) is 6.57. The first kappa shape index (κ1) is 21.4. The Balaban J connectivity index is 2.25. The molecule has 1 unspecified atom stereocenters. The van der Waals surface area contributed by atoms with E-state index in [0.29, 0.717) is 17.9 Å². The summed E-state index contributed by atoms with van der Waals surface area (Å²) in [6.07, 6.45) is 0.970. The number of esters is 1. The van der Waals surface area contributed by atoms with E-state index in [-0.39, 0.29) is 29.5 Å². The normalized spacial score (nSPS) is 11.5. The largest absolute Gasteiger partial charge is 0.462 e. The molecule has 1 amide bonds. The lowest BCUT2D eigenvalue weighted by Crippen LogP contribution is -2.24.